The van der Waals surface area contributed by atoms with Crippen LogP contribution in [-0.4, -0.2) is 22.6 Å². The van der Waals surface area contributed by atoms with Gasteiger partial charge in [0.1, 0.15) is 17.1 Å². The summed E-state index contributed by atoms with van der Waals surface area (Å²) >= 11 is 1.19. The van der Waals surface area contributed by atoms with Crippen LogP contribution in [-0.2, 0) is 0 Å². The fraction of sp³-hybridized carbons (Fsp3) is 0.0667. The first-order valence-corrected chi connectivity index (χ1v) is 6.90. The molecule has 0 saturated heterocycles. The van der Waals surface area contributed by atoms with Crippen molar-refractivity contribution < 1.29 is 19.4 Å². The Bertz CT molecular complexity index is 812. The van der Waals surface area contributed by atoms with E-state index in [0.29, 0.717) is 10.8 Å². The third-order valence-electron chi connectivity index (χ3n) is 2.97. The van der Waals surface area contributed by atoms with Crippen LogP contribution in [0.5, 0.6) is 16.6 Å². The third-order valence-corrected chi connectivity index (χ3v) is 3.73. The molecule has 1 heterocycles. The fourth-order valence-corrected chi connectivity index (χ4v) is 2.67. The van der Waals surface area contributed by atoms with Gasteiger partial charge in [0.2, 0.25) is 5.06 Å². The highest BCUT2D eigenvalue weighted by Gasteiger charge is 2.16. The molecule has 5 nitrogen and oxygen atoms in total. The Balaban J connectivity index is 2.06. The second-order valence-corrected chi connectivity index (χ2v) is 4.99. The SMILES string of the molecule is COc1ccc(C(=O)O)c(Oc2snc3ccccc23)c1. The lowest BCUT2D eigenvalue weighted by Gasteiger charge is -2.09. The number of carboxylic acids is 1. The van der Waals surface area contributed by atoms with Gasteiger partial charge in [0.25, 0.3) is 0 Å². The molecule has 0 aliphatic carbocycles. The molecule has 1 aromatic heterocycles. The standard InChI is InChI=1S/C15H11NO4S/c1-19-9-6-7-11(14(17)18)13(8-9)20-15-10-4-2-3-5-12(10)16-21-15/h2-8H,1H3,(H,17,18). The van der Waals surface area contributed by atoms with Crippen molar-refractivity contribution >= 4 is 28.4 Å². The molecule has 3 rings (SSSR count). The zero-order valence-corrected chi connectivity index (χ0v) is 11.9. The number of benzene rings is 2. The number of hydrogen-bond acceptors (Lipinski definition) is 5. The largest absolute Gasteiger partial charge is 0.497 e. The molecule has 0 spiro atoms. The molecule has 1 N–H and O–H groups in total. The highest BCUT2D eigenvalue weighted by molar-refractivity contribution is 7.09. The van der Waals surface area contributed by atoms with E-state index in [2.05, 4.69) is 4.37 Å². The van der Waals surface area contributed by atoms with Crippen molar-refractivity contribution in [3.05, 3.63) is 48.0 Å². The zero-order valence-electron chi connectivity index (χ0n) is 11.1. The van der Waals surface area contributed by atoms with E-state index in [4.69, 9.17) is 9.47 Å². The second kappa shape index (κ2) is 5.41. The first kappa shape index (κ1) is 13.4. The summed E-state index contributed by atoms with van der Waals surface area (Å²) in [5.74, 6) is -0.290. The molecule has 0 fully saturated rings. The molecular weight excluding hydrogens is 290 g/mol. The summed E-state index contributed by atoms with van der Waals surface area (Å²) in [6, 6.07) is 12.1. The molecule has 0 aliphatic rings. The minimum Gasteiger partial charge on any atom is -0.497 e. The quantitative estimate of drug-likeness (QED) is 0.794. The first-order chi connectivity index (χ1) is 10.2. The Hall–Kier alpha value is -2.60. The fourth-order valence-electron chi connectivity index (χ4n) is 1.93. The van der Waals surface area contributed by atoms with Gasteiger partial charge in [-0.2, -0.15) is 4.37 Å². The van der Waals surface area contributed by atoms with Crippen molar-refractivity contribution in [3.63, 3.8) is 0 Å². The molecule has 0 radical (unpaired) electrons. The molecular formula is C15H11NO4S. The maximum Gasteiger partial charge on any atom is 0.339 e. The van der Waals surface area contributed by atoms with Gasteiger partial charge in [-0.05, 0) is 24.3 Å². The highest BCUT2D eigenvalue weighted by atomic mass is 32.1. The summed E-state index contributed by atoms with van der Waals surface area (Å²) in [6.45, 7) is 0. The van der Waals surface area contributed by atoms with E-state index in [1.165, 1.54) is 24.7 Å². The van der Waals surface area contributed by atoms with Crippen LogP contribution in [0.1, 0.15) is 10.4 Å². The summed E-state index contributed by atoms with van der Waals surface area (Å²) < 4.78 is 15.1. The molecule has 0 atom stereocenters. The van der Waals surface area contributed by atoms with E-state index in [0.717, 1.165) is 10.9 Å². The number of hydrogen-bond donors (Lipinski definition) is 1. The van der Waals surface area contributed by atoms with Gasteiger partial charge in [-0.1, -0.05) is 12.1 Å². The highest BCUT2D eigenvalue weighted by Crippen LogP contribution is 2.36. The van der Waals surface area contributed by atoms with Gasteiger partial charge in [0.05, 0.1) is 18.0 Å². The van der Waals surface area contributed by atoms with Gasteiger partial charge in [-0.3, -0.25) is 0 Å². The van der Waals surface area contributed by atoms with Gasteiger partial charge in [-0.15, -0.1) is 0 Å². The number of fused-ring (bicyclic) bond motifs is 1. The third kappa shape index (κ3) is 2.53. The van der Waals surface area contributed by atoms with Gasteiger partial charge in [-0.25, -0.2) is 4.79 Å². The van der Waals surface area contributed by atoms with Crippen LogP contribution in [0.25, 0.3) is 10.9 Å². The lowest BCUT2D eigenvalue weighted by molar-refractivity contribution is 0.0694. The number of methoxy groups -OCH3 is 1. The number of carboxylic acid groups (broad SMARTS) is 1. The Morgan fingerprint density at radius 3 is 2.81 bits per heavy atom. The normalized spacial score (nSPS) is 10.5. The van der Waals surface area contributed by atoms with Crippen LogP contribution in [0, 0.1) is 0 Å². The van der Waals surface area contributed by atoms with Gasteiger partial charge < -0.3 is 14.6 Å². The number of ether oxygens (including phenoxy) is 2. The predicted octanol–water partition coefficient (Wildman–Crippen LogP) is 3.80. The van der Waals surface area contributed by atoms with Crippen LogP contribution in [0.2, 0.25) is 0 Å². The molecule has 0 aliphatic heterocycles. The van der Waals surface area contributed by atoms with Crippen molar-refractivity contribution in [2.45, 2.75) is 0 Å². The average Bonchev–Trinajstić information content (AvgIpc) is 2.90. The zero-order chi connectivity index (χ0) is 14.8. The van der Waals surface area contributed by atoms with Crippen LogP contribution in [0.15, 0.2) is 42.5 Å². The van der Waals surface area contributed by atoms with Crippen LogP contribution in [0.3, 0.4) is 0 Å². The van der Waals surface area contributed by atoms with E-state index in [1.54, 1.807) is 12.1 Å². The first-order valence-electron chi connectivity index (χ1n) is 6.12. The maximum absolute atomic E-state index is 11.3. The van der Waals surface area contributed by atoms with Gasteiger partial charge in [0.15, 0.2) is 0 Å². The predicted molar refractivity (Wildman–Crippen MR) is 79.6 cm³/mol. The maximum atomic E-state index is 11.3. The summed E-state index contributed by atoms with van der Waals surface area (Å²) in [4.78, 5) is 11.3. The Kier molecular flexibility index (Phi) is 3.45. The monoisotopic (exact) mass is 301 g/mol. The van der Waals surface area contributed by atoms with Gasteiger partial charge >= 0.3 is 5.97 Å². The lowest BCUT2D eigenvalue weighted by atomic mass is 10.2. The van der Waals surface area contributed by atoms with Crippen LogP contribution in [0.4, 0.5) is 0 Å². The lowest BCUT2D eigenvalue weighted by Crippen LogP contribution is -2.00. The summed E-state index contributed by atoms with van der Waals surface area (Å²) in [7, 11) is 1.52. The molecule has 106 valence electrons. The molecule has 0 unspecified atom stereocenters. The summed E-state index contributed by atoms with van der Waals surface area (Å²) in [5, 5.41) is 10.6. The number of carbonyl (C=O) groups is 1. The van der Waals surface area contributed by atoms with E-state index < -0.39 is 5.97 Å². The number of nitrogens with zero attached hydrogens (tertiary/aromatic N) is 1. The van der Waals surface area contributed by atoms with Gasteiger partial charge in [0, 0.05) is 17.6 Å². The molecule has 6 heteroatoms. The number of rotatable bonds is 4. The van der Waals surface area contributed by atoms with E-state index in [-0.39, 0.29) is 11.3 Å². The Labute approximate surface area is 124 Å². The molecule has 0 saturated carbocycles. The topological polar surface area (TPSA) is 68.7 Å². The van der Waals surface area contributed by atoms with Crippen molar-refractivity contribution in [2.24, 2.45) is 0 Å². The van der Waals surface area contributed by atoms with E-state index in [1.807, 2.05) is 24.3 Å². The van der Waals surface area contributed by atoms with Crippen molar-refractivity contribution in [2.75, 3.05) is 7.11 Å². The second-order valence-electron chi connectivity index (χ2n) is 4.26. The van der Waals surface area contributed by atoms with E-state index in [9.17, 15) is 9.90 Å². The van der Waals surface area contributed by atoms with Crippen molar-refractivity contribution in [3.8, 4) is 16.6 Å². The number of aromatic nitrogens is 1. The van der Waals surface area contributed by atoms with Crippen molar-refractivity contribution in [1.82, 2.24) is 4.37 Å². The minimum absolute atomic E-state index is 0.0771. The Morgan fingerprint density at radius 2 is 2.05 bits per heavy atom. The summed E-state index contributed by atoms with van der Waals surface area (Å²) in [6.07, 6.45) is 0. The van der Waals surface area contributed by atoms with Crippen molar-refractivity contribution in [1.29, 1.82) is 0 Å². The molecule has 21 heavy (non-hydrogen) atoms. The molecule has 2 aromatic carbocycles. The molecule has 3 aromatic rings. The smallest absolute Gasteiger partial charge is 0.339 e. The number of aromatic carboxylic acids is 1. The van der Waals surface area contributed by atoms with Crippen LogP contribution >= 0.6 is 11.5 Å². The average molecular weight is 301 g/mol. The summed E-state index contributed by atoms with van der Waals surface area (Å²) in [5.41, 5.74) is 0.894. The van der Waals surface area contributed by atoms with Crippen LogP contribution < -0.4 is 9.47 Å². The molecule has 0 bridgehead atoms. The van der Waals surface area contributed by atoms with E-state index >= 15 is 0 Å². The molecule has 0 amide bonds. The Morgan fingerprint density at radius 1 is 1.24 bits per heavy atom. The minimum atomic E-state index is -1.05.